The Labute approximate surface area is 164 Å². The third-order valence-electron chi connectivity index (χ3n) is 4.02. The van der Waals surface area contributed by atoms with Crippen LogP contribution in [0.1, 0.15) is 5.69 Å². The Morgan fingerprint density at radius 3 is 2.33 bits per heavy atom. The van der Waals surface area contributed by atoms with Gasteiger partial charge in [0.25, 0.3) is 6.08 Å². The predicted molar refractivity (Wildman–Crippen MR) is 92.1 cm³/mol. The van der Waals surface area contributed by atoms with Crippen molar-refractivity contribution in [1.82, 2.24) is 24.3 Å². The van der Waals surface area contributed by atoms with E-state index in [-0.39, 0.29) is 11.1 Å². The monoisotopic (exact) mass is 430 g/mol. The summed E-state index contributed by atoms with van der Waals surface area (Å²) < 4.78 is 79.1. The van der Waals surface area contributed by atoms with Gasteiger partial charge in [0, 0.05) is 35.6 Å². The van der Waals surface area contributed by atoms with E-state index in [2.05, 4.69) is 15.1 Å². The standard InChI is InChI=1S/C17H12F6N6O/c18-12-3-10(9-1-2-13(25-5-9)17(21,22)23)6-26-15(12)28-8-27-29(16(28)30)7-11(4-24)14(19)20/h1-3,5-6,8H,4,7,24H2. The van der Waals surface area contributed by atoms with Crippen molar-refractivity contribution in [1.29, 1.82) is 0 Å². The largest absolute Gasteiger partial charge is 0.433 e. The van der Waals surface area contributed by atoms with Crippen LogP contribution in [0.2, 0.25) is 0 Å². The molecule has 13 heteroatoms. The van der Waals surface area contributed by atoms with Crippen molar-refractivity contribution < 1.29 is 26.3 Å². The van der Waals surface area contributed by atoms with Gasteiger partial charge in [-0.15, -0.1) is 0 Å². The van der Waals surface area contributed by atoms with Gasteiger partial charge in [0.15, 0.2) is 11.6 Å². The van der Waals surface area contributed by atoms with E-state index in [9.17, 15) is 31.1 Å². The molecule has 0 radical (unpaired) electrons. The van der Waals surface area contributed by atoms with Crippen LogP contribution in [0.4, 0.5) is 26.3 Å². The molecular formula is C17H12F6N6O. The molecule has 0 unspecified atom stereocenters. The molecule has 0 spiro atoms. The SMILES string of the molecule is NCC(Cn1ncn(-c2ncc(-c3ccc(C(F)(F)F)nc3)cc2F)c1=O)=C(F)F. The van der Waals surface area contributed by atoms with Crippen molar-refractivity contribution in [2.75, 3.05) is 6.54 Å². The minimum absolute atomic E-state index is 0.116. The molecular weight excluding hydrogens is 418 g/mol. The van der Waals surface area contributed by atoms with Crippen LogP contribution in [0.3, 0.4) is 0 Å². The van der Waals surface area contributed by atoms with Crippen molar-refractivity contribution in [3.63, 3.8) is 0 Å². The van der Waals surface area contributed by atoms with Crippen LogP contribution in [0.15, 0.2) is 53.4 Å². The maximum absolute atomic E-state index is 14.5. The molecule has 0 fully saturated rings. The molecule has 0 aromatic carbocycles. The number of aromatic nitrogens is 5. The van der Waals surface area contributed by atoms with Crippen LogP contribution in [-0.4, -0.2) is 30.9 Å². The molecule has 3 aromatic rings. The van der Waals surface area contributed by atoms with Crippen molar-refractivity contribution in [2.45, 2.75) is 12.7 Å². The third-order valence-corrected chi connectivity index (χ3v) is 4.02. The minimum atomic E-state index is -4.61. The zero-order valence-corrected chi connectivity index (χ0v) is 14.9. The summed E-state index contributed by atoms with van der Waals surface area (Å²) in [7, 11) is 0. The molecule has 2 N–H and O–H groups in total. The second-order valence-electron chi connectivity index (χ2n) is 5.97. The number of hydrogen-bond acceptors (Lipinski definition) is 5. The smallest absolute Gasteiger partial charge is 0.327 e. The number of halogens is 6. The first-order valence-corrected chi connectivity index (χ1v) is 8.19. The predicted octanol–water partition coefficient (Wildman–Crippen LogP) is 2.76. The van der Waals surface area contributed by atoms with Crippen molar-refractivity contribution in [3.05, 3.63) is 70.6 Å². The molecule has 3 rings (SSSR count). The summed E-state index contributed by atoms with van der Waals surface area (Å²) in [6, 6.07) is 2.79. The zero-order valence-electron chi connectivity index (χ0n) is 14.9. The second-order valence-corrected chi connectivity index (χ2v) is 5.97. The quantitative estimate of drug-likeness (QED) is 0.629. The van der Waals surface area contributed by atoms with E-state index in [4.69, 9.17) is 5.73 Å². The van der Waals surface area contributed by atoms with Gasteiger partial charge >= 0.3 is 11.9 Å². The molecule has 3 aromatic heterocycles. The minimum Gasteiger partial charge on any atom is -0.327 e. The Balaban J connectivity index is 1.91. The number of nitrogens with zero attached hydrogens (tertiary/aromatic N) is 5. The fourth-order valence-electron chi connectivity index (χ4n) is 2.47. The fraction of sp³-hybridized carbons (Fsp3) is 0.176. The fourth-order valence-corrected chi connectivity index (χ4v) is 2.47. The first-order valence-electron chi connectivity index (χ1n) is 8.19. The van der Waals surface area contributed by atoms with Gasteiger partial charge in [0.2, 0.25) is 0 Å². The van der Waals surface area contributed by atoms with Crippen LogP contribution >= 0.6 is 0 Å². The van der Waals surface area contributed by atoms with Gasteiger partial charge in [-0.1, -0.05) is 6.07 Å². The molecule has 0 saturated heterocycles. The lowest BCUT2D eigenvalue weighted by molar-refractivity contribution is -0.141. The highest BCUT2D eigenvalue weighted by atomic mass is 19.4. The van der Waals surface area contributed by atoms with Gasteiger partial charge in [0.05, 0.1) is 6.54 Å². The second kappa shape index (κ2) is 8.10. The molecule has 0 amide bonds. The summed E-state index contributed by atoms with van der Waals surface area (Å²) >= 11 is 0. The van der Waals surface area contributed by atoms with E-state index in [1.165, 1.54) is 0 Å². The van der Waals surface area contributed by atoms with E-state index < -0.39 is 53.9 Å². The molecule has 158 valence electrons. The van der Waals surface area contributed by atoms with E-state index in [1.807, 2.05) is 0 Å². The number of hydrogen-bond donors (Lipinski definition) is 1. The summed E-state index contributed by atoms with van der Waals surface area (Å²) in [6.07, 6.45) is -3.72. The summed E-state index contributed by atoms with van der Waals surface area (Å²) in [5, 5.41) is 3.64. The lowest BCUT2D eigenvalue weighted by Gasteiger charge is -2.08. The molecule has 7 nitrogen and oxygen atoms in total. The van der Waals surface area contributed by atoms with Crippen LogP contribution < -0.4 is 11.4 Å². The van der Waals surface area contributed by atoms with Crippen molar-refractivity contribution in [2.24, 2.45) is 5.73 Å². The molecule has 30 heavy (non-hydrogen) atoms. The van der Waals surface area contributed by atoms with E-state index >= 15 is 0 Å². The average Bonchev–Trinajstić information content (AvgIpc) is 3.05. The van der Waals surface area contributed by atoms with Crippen LogP contribution in [0, 0.1) is 5.82 Å². The van der Waals surface area contributed by atoms with Gasteiger partial charge in [-0.05, 0) is 12.1 Å². The van der Waals surface area contributed by atoms with Gasteiger partial charge < -0.3 is 5.73 Å². The Morgan fingerprint density at radius 2 is 1.80 bits per heavy atom. The van der Waals surface area contributed by atoms with Crippen LogP contribution in [-0.2, 0) is 12.7 Å². The van der Waals surface area contributed by atoms with Gasteiger partial charge in [-0.2, -0.15) is 27.1 Å². The maximum Gasteiger partial charge on any atom is 0.433 e. The Bertz CT molecular complexity index is 1140. The number of nitrogens with two attached hydrogens (primary N) is 1. The average molecular weight is 430 g/mol. The molecule has 0 saturated carbocycles. The topological polar surface area (TPSA) is 91.6 Å². The van der Waals surface area contributed by atoms with E-state index in [0.29, 0.717) is 9.25 Å². The molecule has 0 bridgehead atoms. The maximum atomic E-state index is 14.5. The van der Waals surface area contributed by atoms with Gasteiger partial charge in [0.1, 0.15) is 12.0 Å². The number of alkyl halides is 3. The number of pyridine rings is 2. The summed E-state index contributed by atoms with van der Waals surface area (Å²) in [4.78, 5) is 19.4. The van der Waals surface area contributed by atoms with Crippen molar-refractivity contribution in [3.8, 4) is 16.9 Å². The highest BCUT2D eigenvalue weighted by Gasteiger charge is 2.32. The number of rotatable bonds is 5. The van der Waals surface area contributed by atoms with Crippen molar-refractivity contribution >= 4 is 0 Å². The van der Waals surface area contributed by atoms with E-state index in [0.717, 1.165) is 36.9 Å². The molecule has 0 aliphatic rings. The summed E-state index contributed by atoms with van der Waals surface area (Å²) in [5.74, 6) is -1.45. The highest BCUT2D eigenvalue weighted by molar-refractivity contribution is 5.62. The summed E-state index contributed by atoms with van der Waals surface area (Å²) in [5.41, 5.74) is 2.92. The first-order chi connectivity index (χ1) is 14.1. The lowest BCUT2D eigenvalue weighted by atomic mass is 10.1. The Morgan fingerprint density at radius 1 is 1.10 bits per heavy atom. The first kappa shape index (κ1) is 21.2. The molecule has 0 aliphatic carbocycles. The lowest BCUT2D eigenvalue weighted by Crippen LogP contribution is -2.27. The molecule has 3 heterocycles. The normalized spacial score (nSPS) is 11.6. The van der Waals surface area contributed by atoms with E-state index in [1.54, 1.807) is 0 Å². The molecule has 0 aliphatic heterocycles. The highest BCUT2D eigenvalue weighted by Crippen LogP contribution is 2.29. The van der Waals surface area contributed by atoms with Crippen LogP contribution in [0.25, 0.3) is 16.9 Å². The van der Waals surface area contributed by atoms with Gasteiger partial charge in [-0.25, -0.2) is 23.4 Å². The summed E-state index contributed by atoms with van der Waals surface area (Å²) in [6.45, 7) is -1.08. The van der Waals surface area contributed by atoms with Crippen LogP contribution in [0.5, 0.6) is 0 Å². The molecule has 0 atom stereocenters. The Hall–Kier alpha value is -3.48. The third kappa shape index (κ3) is 4.25. The zero-order chi connectivity index (χ0) is 22.1. The Kier molecular flexibility index (Phi) is 5.73. The van der Waals surface area contributed by atoms with Gasteiger partial charge in [-0.3, -0.25) is 4.98 Å².